The van der Waals surface area contributed by atoms with Crippen LogP contribution in [0.25, 0.3) is 22.3 Å². The van der Waals surface area contributed by atoms with Crippen molar-refractivity contribution < 1.29 is 4.39 Å². The number of anilines is 1. The van der Waals surface area contributed by atoms with E-state index in [1.54, 1.807) is 29.1 Å². The number of hydrogen-bond donors (Lipinski definition) is 0. The molecule has 0 saturated carbocycles. The first kappa shape index (κ1) is 12.5. The summed E-state index contributed by atoms with van der Waals surface area (Å²) in [6.07, 6.45) is 1.66. The standard InChI is InChI=1S/C14H14FN5/c1-19(2)14-17-13(18-20(14)3)9-7-10-11(15)5-4-6-12(10)16-8-9/h4-8H,1-3H3. The molecule has 0 aliphatic carbocycles. The Morgan fingerprint density at radius 1 is 1.25 bits per heavy atom. The van der Waals surface area contributed by atoms with Crippen LogP contribution in [-0.2, 0) is 7.05 Å². The lowest BCUT2D eigenvalue weighted by Crippen LogP contribution is -2.14. The van der Waals surface area contributed by atoms with E-state index in [1.807, 2.05) is 26.0 Å². The highest BCUT2D eigenvalue weighted by Gasteiger charge is 2.12. The third-order valence-electron chi connectivity index (χ3n) is 3.07. The zero-order valence-electron chi connectivity index (χ0n) is 11.5. The number of halogens is 1. The van der Waals surface area contributed by atoms with Crippen molar-refractivity contribution in [2.75, 3.05) is 19.0 Å². The summed E-state index contributed by atoms with van der Waals surface area (Å²) >= 11 is 0. The Hall–Kier alpha value is -2.50. The van der Waals surface area contributed by atoms with Crippen LogP contribution in [0.1, 0.15) is 0 Å². The van der Waals surface area contributed by atoms with Gasteiger partial charge in [0.25, 0.3) is 0 Å². The largest absolute Gasteiger partial charge is 0.347 e. The van der Waals surface area contributed by atoms with E-state index in [2.05, 4.69) is 15.1 Å². The van der Waals surface area contributed by atoms with Gasteiger partial charge in [-0.05, 0) is 18.2 Å². The van der Waals surface area contributed by atoms with Crippen LogP contribution in [0, 0.1) is 5.82 Å². The molecule has 6 heteroatoms. The average molecular weight is 271 g/mol. The van der Waals surface area contributed by atoms with Crippen molar-refractivity contribution in [1.82, 2.24) is 19.7 Å². The molecule has 0 atom stereocenters. The average Bonchev–Trinajstić information content (AvgIpc) is 2.81. The van der Waals surface area contributed by atoms with Crippen LogP contribution >= 0.6 is 0 Å². The van der Waals surface area contributed by atoms with Gasteiger partial charge in [0.05, 0.1) is 5.52 Å². The number of aromatic nitrogens is 4. The summed E-state index contributed by atoms with van der Waals surface area (Å²) in [6, 6.07) is 6.57. The molecule has 0 saturated heterocycles. The van der Waals surface area contributed by atoms with Gasteiger partial charge in [0.15, 0.2) is 5.82 Å². The van der Waals surface area contributed by atoms with E-state index in [0.29, 0.717) is 22.3 Å². The number of hydrogen-bond acceptors (Lipinski definition) is 4. The van der Waals surface area contributed by atoms with E-state index in [9.17, 15) is 4.39 Å². The van der Waals surface area contributed by atoms with Crippen molar-refractivity contribution in [2.24, 2.45) is 7.05 Å². The monoisotopic (exact) mass is 271 g/mol. The van der Waals surface area contributed by atoms with E-state index < -0.39 is 0 Å². The van der Waals surface area contributed by atoms with E-state index >= 15 is 0 Å². The van der Waals surface area contributed by atoms with Gasteiger partial charge in [-0.2, -0.15) is 4.98 Å². The third kappa shape index (κ3) is 1.99. The minimum atomic E-state index is -0.291. The normalized spacial score (nSPS) is 11.0. The fourth-order valence-corrected chi connectivity index (χ4v) is 2.12. The number of nitrogens with zero attached hydrogens (tertiary/aromatic N) is 5. The lowest BCUT2D eigenvalue weighted by Gasteiger charge is -2.08. The maximum atomic E-state index is 13.8. The van der Waals surface area contributed by atoms with E-state index in [4.69, 9.17) is 0 Å². The minimum Gasteiger partial charge on any atom is -0.347 e. The molecular weight excluding hydrogens is 257 g/mol. The first-order chi connectivity index (χ1) is 9.56. The van der Waals surface area contributed by atoms with Crippen LogP contribution in [0.15, 0.2) is 30.5 Å². The van der Waals surface area contributed by atoms with Crippen LogP contribution < -0.4 is 4.90 Å². The molecule has 20 heavy (non-hydrogen) atoms. The second-order valence-electron chi connectivity index (χ2n) is 4.78. The molecule has 0 radical (unpaired) electrons. The summed E-state index contributed by atoms with van der Waals surface area (Å²) in [5.41, 5.74) is 1.32. The highest BCUT2D eigenvalue weighted by Crippen LogP contribution is 2.23. The fourth-order valence-electron chi connectivity index (χ4n) is 2.12. The Morgan fingerprint density at radius 3 is 2.75 bits per heavy atom. The Labute approximate surface area is 115 Å². The van der Waals surface area contributed by atoms with Gasteiger partial charge < -0.3 is 4.90 Å². The Kier molecular flexibility index (Phi) is 2.85. The molecule has 0 aliphatic rings. The molecule has 102 valence electrons. The molecule has 2 heterocycles. The first-order valence-corrected chi connectivity index (χ1v) is 6.19. The van der Waals surface area contributed by atoms with Gasteiger partial charge in [-0.3, -0.25) is 4.98 Å². The maximum absolute atomic E-state index is 13.8. The third-order valence-corrected chi connectivity index (χ3v) is 3.07. The summed E-state index contributed by atoms with van der Waals surface area (Å²) in [5.74, 6) is 0.975. The minimum absolute atomic E-state index is 0.291. The molecule has 5 nitrogen and oxygen atoms in total. The Balaban J connectivity index is 2.15. The van der Waals surface area contributed by atoms with E-state index in [1.165, 1.54) is 6.07 Å². The first-order valence-electron chi connectivity index (χ1n) is 6.19. The maximum Gasteiger partial charge on any atom is 0.223 e. The highest BCUT2D eigenvalue weighted by molar-refractivity contribution is 5.83. The van der Waals surface area contributed by atoms with Gasteiger partial charge in [0, 0.05) is 38.3 Å². The van der Waals surface area contributed by atoms with Gasteiger partial charge in [0.2, 0.25) is 5.95 Å². The van der Waals surface area contributed by atoms with Gasteiger partial charge in [-0.25, -0.2) is 9.07 Å². The van der Waals surface area contributed by atoms with Crippen LogP contribution in [0.4, 0.5) is 10.3 Å². The number of rotatable bonds is 2. The number of aryl methyl sites for hydroxylation is 1. The number of benzene rings is 1. The topological polar surface area (TPSA) is 46.8 Å². The van der Waals surface area contributed by atoms with Gasteiger partial charge in [-0.1, -0.05) is 6.07 Å². The fraction of sp³-hybridized carbons (Fsp3) is 0.214. The molecule has 0 fully saturated rings. The van der Waals surface area contributed by atoms with E-state index in [0.717, 1.165) is 5.95 Å². The zero-order valence-corrected chi connectivity index (χ0v) is 11.5. The van der Waals surface area contributed by atoms with Crippen LogP contribution in [-0.4, -0.2) is 33.8 Å². The summed E-state index contributed by atoms with van der Waals surface area (Å²) < 4.78 is 15.5. The zero-order chi connectivity index (χ0) is 14.3. The lowest BCUT2D eigenvalue weighted by molar-refractivity contribution is 0.639. The SMILES string of the molecule is CN(C)c1nc(-c2cnc3cccc(F)c3c2)nn1C. The predicted octanol–water partition coefficient (Wildman–Crippen LogP) is 2.24. The smallest absolute Gasteiger partial charge is 0.223 e. The molecule has 0 spiro atoms. The summed E-state index contributed by atoms with van der Waals surface area (Å²) in [6.45, 7) is 0. The molecule has 3 aromatic rings. The molecule has 2 aromatic heterocycles. The summed E-state index contributed by atoms with van der Waals surface area (Å²) in [4.78, 5) is 10.6. The molecule has 1 aromatic carbocycles. The molecule has 3 rings (SSSR count). The van der Waals surface area contributed by atoms with Crippen molar-refractivity contribution in [1.29, 1.82) is 0 Å². The van der Waals surface area contributed by atoms with Crippen LogP contribution in [0.2, 0.25) is 0 Å². The Bertz CT molecular complexity index is 778. The van der Waals surface area contributed by atoms with E-state index in [-0.39, 0.29) is 5.82 Å². The van der Waals surface area contributed by atoms with Crippen molar-refractivity contribution in [2.45, 2.75) is 0 Å². The molecule has 0 aliphatic heterocycles. The Morgan fingerprint density at radius 2 is 2.05 bits per heavy atom. The van der Waals surface area contributed by atoms with Crippen LogP contribution in [0.5, 0.6) is 0 Å². The quantitative estimate of drug-likeness (QED) is 0.717. The van der Waals surface area contributed by atoms with Crippen molar-refractivity contribution in [3.8, 4) is 11.4 Å². The molecule has 0 bridgehead atoms. The van der Waals surface area contributed by atoms with Gasteiger partial charge >= 0.3 is 0 Å². The summed E-state index contributed by atoms with van der Waals surface area (Å²) in [5, 5.41) is 4.82. The van der Waals surface area contributed by atoms with Gasteiger partial charge in [-0.15, -0.1) is 5.10 Å². The highest BCUT2D eigenvalue weighted by atomic mass is 19.1. The van der Waals surface area contributed by atoms with Crippen LogP contribution in [0.3, 0.4) is 0 Å². The van der Waals surface area contributed by atoms with Crippen molar-refractivity contribution >= 4 is 16.9 Å². The molecular formula is C14H14FN5. The molecule has 0 N–H and O–H groups in total. The number of fused-ring (bicyclic) bond motifs is 1. The summed E-state index contributed by atoms with van der Waals surface area (Å²) in [7, 11) is 5.61. The predicted molar refractivity (Wildman–Crippen MR) is 76.0 cm³/mol. The van der Waals surface area contributed by atoms with Gasteiger partial charge in [0.1, 0.15) is 5.82 Å². The number of pyridine rings is 1. The molecule has 0 unspecified atom stereocenters. The second kappa shape index (κ2) is 4.56. The van der Waals surface area contributed by atoms with Crippen molar-refractivity contribution in [3.63, 3.8) is 0 Å². The second-order valence-corrected chi connectivity index (χ2v) is 4.78. The van der Waals surface area contributed by atoms with Crippen molar-refractivity contribution in [3.05, 3.63) is 36.3 Å². The molecule has 0 amide bonds. The lowest BCUT2D eigenvalue weighted by atomic mass is 10.1.